The van der Waals surface area contributed by atoms with Gasteiger partial charge in [0, 0.05) is 31.3 Å². The number of para-hydroxylation sites is 1. The van der Waals surface area contributed by atoms with Crippen molar-refractivity contribution < 1.29 is 14.5 Å². The first kappa shape index (κ1) is 19.0. The van der Waals surface area contributed by atoms with E-state index in [9.17, 15) is 19.7 Å². The second-order valence-electron chi connectivity index (χ2n) is 6.20. The number of nitro groups is 1. The summed E-state index contributed by atoms with van der Waals surface area (Å²) >= 11 is 0. The molecule has 0 radical (unpaired) electrons. The van der Waals surface area contributed by atoms with E-state index in [4.69, 9.17) is 4.74 Å². The number of nitro benzene ring substituents is 1. The van der Waals surface area contributed by atoms with Crippen LogP contribution in [0.1, 0.15) is 5.56 Å². The van der Waals surface area contributed by atoms with Gasteiger partial charge in [-0.3, -0.25) is 24.3 Å². The first-order valence-electron chi connectivity index (χ1n) is 8.40. The quantitative estimate of drug-likeness (QED) is 0.476. The van der Waals surface area contributed by atoms with Crippen molar-refractivity contribution in [2.75, 3.05) is 14.2 Å². The minimum absolute atomic E-state index is 0.148. The maximum atomic E-state index is 12.6. The average molecular weight is 382 g/mol. The molecule has 1 amide bonds. The number of carbonyl (C=O) groups is 1. The molecule has 0 aliphatic heterocycles. The molecule has 2 aromatic carbocycles. The van der Waals surface area contributed by atoms with E-state index >= 15 is 0 Å². The standard InChI is InChI=1S/C19H18N4O5/c1-21(10-13-5-3-4-6-17(13)28-2)18(24)11-22-12-20-16-9-14(23(26)27)7-8-15(16)19(22)25/h3-9,12H,10-11H2,1-2H3. The summed E-state index contributed by atoms with van der Waals surface area (Å²) in [6, 6.07) is 11.2. The summed E-state index contributed by atoms with van der Waals surface area (Å²) in [5.74, 6) is 0.393. The molecule has 3 aromatic rings. The van der Waals surface area contributed by atoms with Crippen LogP contribution in [0.15, 0.2) is 53.6 Å². The lowest BCUT2D eigenvalue weighted by Gasteiger charge is -2.19. The molecule has 0 aliphatic carbocycles. The topological polar surface area (TPSA) is 108 Å². The van der Waals surface area contributed by atoms with Crippen LogP contribution >= 0.6 is 0 Å². The van der Waals surface area contributed by atoms with Crippen molar-refractivity contribution >= 4 is 22.5 Å². The summed E-state index contributed by atoms with van der Waals surface area (Å²) in [4.78, 5) is 41.0. The molecular weight excluding hydrogens is 364 g/mol. The SMILES string of the molecule is COc1ccccc1CN(C)C(=O)Cn1cnc2cc([N+](=O)[O-])ccc2c1=O. The fraction of sp³-hybridized carbons (Fsp3) is 0.211. The van der Waals surface area contributed by atoms with Crippen molar-refractivity contribution in [3.63, 3.8) is 0 Å². The largest absolute Gasteiger partial charge is 0.496 e. The fourth-order valence-corrected chi connectivity index (χ4v) is 2.82. The summed E-state index contributed by atoms with van der Waals surface area (Å²) < 4.78 is 6.48. The van der Waals surface area contributed by atoms with Crippen LogP contribution in [0.3, 0.4) is 0 Å². The molecule has 1 aromatic heterocycles. The molecule has 0 aliphatic rings. The third-order valence-electron chi connectivity index (χ3n) is 4.35. The number of methoxy groups -OCH3 is 1. The van der Waals surface area contributed by atoms with Gasteiger partial charge in [0.25, 0.3) is 11.2 Å². The smallest absolute Gasteiger partial charge is 0.271 e. The Kier molecular flexibility index (Phi) is 5.35. The Labute approximate surface area is 159 Å². The lowest BCUT2D eigenvalue weighted by atomic mass is 10.2. The summed E-state index contributed by atoms with van der Waals surface area (Å²) in [5.41, 5.74) is 0.478. The lowest BCUT2D eigenvalue weighted by molar-refractivity contribution is -0.384. The molecule has 9 nitrogen and oxygen atoms in total. The number of fused-ring (bicyclic) bond motifs is 1. The van der Waals surface area contributed by atoms with E-state index in [1.165, 1.54) is 34.0 Å². The molecule has 0 atom stereocenters. The Morgan fingerprint density at radius 2 is 2.04 bits per heavy atom. The van der Waals surface area contributed by atoms with Crippen molar-refractivity contribution in [3.8, 4) is 5.75 Å². The van der Waals surface area contributed by atoms with Crippen molar-refractivity contribution in [3.05, 3.63) is 74.8 Å². The number of amides is 1. The molecule has 9 heteroatoms. The molecule has 0 bridgehead atoms. The number of ether oxygens (including phenoxy) is 1. The fourth-order valence-electron chi connectivity index (χ4n) is 2.82. The van der Waals surface area contributed by atoms with Crippen LogP contribution in [-0.4, -0.2) is 39.4 Å². The van der Waals surface area contributed by atoms with Gasteiger partial charge >= 0.3 is 0 Å². The molecular formula is C19H18N4O5. The average Bonchev–Trinajstić information content (AvgIpc) is 2.70. The second-order valence-corrected chi connectivity index (χ2v) is 6.20. The number of benzene rings is 2. The first-order chi connectivity index (χ1) is 13.4. The lowest BCUT2D eigenvalue weighted by Crippen LogP contribution is -2.33. The van der Waals surface area contributed by atoms with E-state index in [0.29, 0.717) is 12.3 Å². The highest BCUT2D eigenvalue weighted by Gasteiger charge is 2.15. The van der Waals surface area contributed by atoms with Gasteiger partial charge in [-0.1, -0.05) is 18.2 Å². The zero-order valence-electron chi connectivity index (χ0n) is 15.4. The van der Waals surface area contributed by atoms with Crippen LogP contribution in [0.4, 0.5) is 5.69 Å². The highest BCUT2D eigenvalue weighted by Crippen LogP contribution is 2.19. The molecule has 28 heavy (non-hydrogen) atoms. The predicted molar refractivity (Wildman–Crippen MR) is 102 cm³/mol. The summed E-state index contributed by atoms with van der Waals surface area (Å²) in [5, 5.41) is 11.1. The van der Waals surface area contributed by atoms with Gasteiger partial charge < -0.3 is 9.64 Å². The van der Waals surface area contributed by atoms with E-state index in [-0.39, 0.29) is 29.0 Å². The summed E-state index contributed by atoms with van der Waals surface area (Å²) in [7, 11) is 3.20. The number of hydrogen-bond acceptors (Lipinski definition) is 6. The number of nitrogens with zero attached hydrogens (tertiary/aromatic N) is 4. The number of non-ortho nitro benzene ring substituents is 1. The highest BCUT2D eigenvalue weighted by molar-refractivity contribution is 5.80. The van der Waals surface area contributed by atoms with E-state index in [1.807, 2.05) is 24.3 Å². The van der Waals surface area contributed by atoms with Crippen molar-refractivity contribution in [1.82, 2.24) is 14.5 Å². The molecule has 0 unspecified atom stereocenters. The molecule has 0 saturated heterocycles. The van der Waals surface area contributed by atoms with Crippen LogP contribution < -0.4 is 10.3 Å². The van der Waals surface area contributed by atoms with Gasteiger partial charge in [0.15, 0.2) is 0 Å². The Morgan fingerprint density at radius 1 is 1.29 bits per heavy atom. The van der Waals surface area contributed by atoms with Gasteiger partial charge in [0.2, 0.25) is 5.91 Å². The van der Waals surface area contributed by atoms with E-state index in [2.05, 4.69) is 4.98 Å². The van der Waals surface area contributed by atoms with E-state index in [1.54, 1.807) is 14.2 Å². The van der Waals surface area contributed by atoms with Gasteiger partial charge in [0.05, 0.1) is 29.3 Å². The molecule has 0 fully saturated rings. The maximum Gasteiger partial charge on any atom is 0.271 e. The number of hydrogen-bond donors (Lipinski definition) is 0. The molecule has 144 valence electrons. The zero-order chi connectivity index (χ0) is 20.3. The van der Waals surface area contributed by atoms with Crippen molar-refractivity contribution in [1.29, 1.82) is 0 Å². The van der Waals surface area contributed by atoms with Crippen LogP contribution in [0.25, 0.3) is 10.9 Å². The third-order valence-corrected chi connectivity index (χ3v) is 4.35. The Balaban J connectivity index is 1.80. The van der Waals surface area contributed by atoms with Crippen LogP contribution in [-0.2, 0) is 17.9 Å². The number of rotatable bonds is 6. The van der Waals surface area contributed by atoms with Gasteiger partial charge in [-0.25, -0.2) is 4.98 Å². The predicted octanol–water partition coefficient (Wildman–Crippen LogP) is 1.97. The van der Waals surface area contributed by atoms with Crippen molar-refractivity contribution in [2.24, 2.45) is 0 Å². The third kappa shape index (κ3) is 3.83. The molecule has 0 spiro atoms. The molecule has 0 saturated carbocycles. The van der Waals surface area contributed by atoms with Crippen LogP contribution in [0, 0.1) is 10.1 Å². The van der Waals surface area contributed by atoms with Gasteiger partial charge in [-0.2, -0.15) is 0 Å². The highest BCUT2D eigenvalue weighted by atomic mass is 16.6. The van der Waals surface area contributed by atoms with Crippen molar-refractivity contribution in [2.45, 2.75) is 13.1 Å². The van der Waals surface area contributed by atoms with Crippen LogP contribution in [0.5, 0.6) is 5.75 Å². The van der Waals surface area contributed by atoms with Gasteiger partial charge in [0.1, 0.15) is 12.3 Å². The molecule has 1 heterocycles. The molecule has 3 rings (SSSR count). The minimum Gasteiger partial charge on any atom is -0.496 e. The maximum absolute atomic E-state index is 12.6. The normalized spacial score (nSPS) is 10.6. The summed E-state index contributed by atoms with van der Waals surface area (Å²) in [6.45, 7) is 0.134. The zero-order valence-corrected chi connectivity index (χ0v) is 15.4. The monoisotopic (exact) mass is 382 g/mol. The van der Waals surface area contributed by atoms with Crippen LogP contribution in [0.2, 0.25) is 0 Å². The first-order valence-corrected chi connectivity index (χ1v) is 8.40. The van der Waals surface area contributed by atoms with E-state index < -0.39 is 10.5 Å². The number of likely N-dealkylation sites (N-methyl/N-ethyl adjacent to an activating group) is 1. The Hall–Kier alpha value is -3.75. The summed E-state index contributed by atoms with van der Waals surface area (Å²) in [6.07, 6.45) is 1.23. The minimum atomic E-state index is -0.553. The Morgan fingerprint density at radius 3 is 2.75 bits per heavy atom. The van der Waals surface area contributed by atoms with Gasteiger partial charge in [-0.05, 0) is 12.1 Å². The Bertz CT molecular complexity index is 1110. The molecule has 0 N–H and O–H groups in total. The number of carbonyl (C=O) groups excluding carboxylic acids is 1. The van der Waals surface area contributed by atoms with E-state index in [0.717, 1.165) is 5.56 Å². The van der Waals surface area contributed by atoms with Gasteiger partial charge in [-0.15, -0.1) is 0 Å². The second kappa shape index (κ2) is 7.87. The number of aromatic nitrogens is 2.